The van der Waals surface area contributed by atoms with Gasteiger partial charge in [-0.25, -0.2) is 0 Å². The van der Waals surface area contributed by atoms with Crippen LogP contribution in [0.4, 0.5) is 0 Å². The van der Waals surface area contributed by atoms with E-state index >= 15 is 0 Å². The van der Waals surface area contributed by atoms with Crippen LogP contribution in [0.25, 0.3) is 0 Å². The molecule has 0 unspecified atom stereocenters. The lowest BCUT2D eigenvalue weighted by Gasteiger charge is -2.35. The van der Waals surface area contributed by atoms with Gasteiger partial charge < -0.3 is 0 Å². The predicted octanol–water partition coefficient (Wildman–Crippen LogP) is 4.47. The lowest BCUT2D eigenvalue weighted by atomic mass is 10.3. The van der Waals surface area contributed by atoms with Gasteiger partial charge in [0.1, 0.15) is 0 Å². The molecule has 0 aromatic heterocycles. The molecule has 4 heteroatoms. The van der Waals surface area contributed by atoms with Crippen molar-refractivity contribution in [2.45, 2.75) is 3.36 Å². The third-order valence-corrected chi connectivity index (χ3v) is 12.8. The van der Waals surface area contributed by atoms with E-state index in [1.54, 1.807) is 0 Å². The van der Waals surface area contributed by atoms with Crippen molar-refractivity contribution in [2.24, 2.45) is 0 Å². The highest BCUT2D eigenvalue weighted by Crippen LogP contribution is 2.24. The van der Waals surface area contributed by atoms with Crippen molar-refractivity contribution in [3.05, 3.63) is 90.0 Å². The summed E-state index contributed by atoms with van der Waals surface area (Å²) in [6, 6.07) is 29.7. The molecule has 0 radical (unpaired) electrons. The molecule has 3 aromatic rings. The van der Waals surface area contributed by atoms with Gasteiger partial charge in [-0.1, -0.05) is 116 Å². The molecule has 0 atom stereocenters. The average molecular weight is 467 g/mol. The zero-order valence-electron chi connectivity index (χ0n) is 12.3. The monoisotopic (exact) mass is 464 g/mol. The Morgan fingerprint density at radius 1 is 0.609 bits per heavy atom. The number of benzene rings is 3. The van der Waals surface area contributed by atoms with Gasteiger partial charge in [-0.2, -0.15) is 0 Å². The fraction of sp³-hybridized carbons (Fsp3) is 0.0526. The number of rotatable bonds is 4. The zero-order valence-corrected chi connectivity index (χ0v) is 17.2. The summed E-state index contributed by atoms with van der Waals surface area (Å²) < 4.78 is 0.161. The second-order valence-corrected chi connectivity index (χ2v) is 14.5. The maximum Gasteiger partial charge on any atom is 0.173 e. The summed E-state index contributed by atoms with van der Waals surface area (Å²) in [7, 11) is -2.25. The summed E-state index contributed by atoms with van der Waals surface area (Å²) in [5, 5.41) is 4.79. The van der Waals surface area contributed by atoms with Gasteiger partial charge in [0, 0.05) is 5.02 Å². The van der Waals surface area contributed by atoms with Gasteiger partial charge in [0.05, 0.1) is 3.36 Å². The van der Waals surface area contributed by atoms with Crippen molar-refractivity contribution in [2.75, 3.05) is 0 Å². The number of hydrogen-bond acceptors (Lipinski definition) is 0. The van der Waals surface area contributed by atoms with E-state index in [0.717, 1.165) is 5.02 Å². The van der Waals surface area contributed by atoms with Crippen molar-refractivity contribution < 1.29 is 0 Å². The highest BCUT2D eigenvalue weighted by atomic mass is 79.9. The second kappa shape index (κ2) is 7.35. The molecule has 23 heavy (non-hydrogen) atoms. The first-order chi connectivity index (χ1) is 11.2. The van der Waals surface area contributed by atoms with Crippen LogP contribution in [-0.4, -0.2) is 11.4 Å². The van der Waals surface area contributed by atoms with Gasteiger partial charge in [-0.3, -0.25) is 0 Å². The maximum atomic E-state index is 6.13. The Labute approximate surface area is 159 Å². The smallest absolute Gasteiger partial charge is 0.0843 e. The molecule has 0 aliphatic heterocycles. The molecular weight excluding hydrogens is 452 g/mol. The van der Waals surface area contributed by atoms with Crippen molar-refractivity contribution in [1.29, 1.82) is 0 Å². The van der Waals surface area contributed by atoms with E-state index in [4.69, 9.17) is 11.6 Å². The lowest BCUT2D eigenvalue weighted by molar-refractivity contribution is 1.64. The quantitative estimate of drug-likeness (QED) is 0.302. The van der Waals surface area contributed by atoms with Gasteiger partial charge in [0.15, 0.2) is 8.07 Å². The molecule has 0 heterocycles. The van der Waals surface area contributed by atoms with Crippen molar-refractivity contribution in [1.82, 2.24) is 0 Å². The minimum Gasteiger partial charge on any atom is -0.0843 e. The minimum absolute atomic E-state index is 0.161. The van der Waals surface area contributed by atoms with E-state index in [1.165, 1.54) is 15.6 Å². The molecule has 0 aliphatic rings. The van der Waals surface area contributed by atoms with E-state index in [0.29, 0.717) is 0 Å². The number of alkyl halides is 2. The van der Waals surface area contributed by atoms with E-state index in [2.05, 4.69) is 105 Å². The molecule has 0 saturated heterocycles. The Kier molecular flexibility index (Phi) is 5.42. The fourth-order valence-electron chi connectivity index (χ4n) is 2.99. The Morgan fingerprint density at radius 3 is 1.39 bits per heavy atom. The first-order valence-corrected chi connectivity index (χ1v) is 11.6. The van der Waals surface area contributed by atoms with E-state index in [9.17, 15) is 0 Å². The molecule has 0 saturated carbocycles. The summed E-state index contributed by atoms with van der Waals surface area (Å²) in [5.74, 6) is 0. The number of halogens is 3. The van der Waals surface area contributed by atoms with Crippen LogP contribution in [0.1, 0.15) is 0 Å². The molecule has 3 rings (SSSR count). The highest BCUT2D eigenvalue weighted by Gasteiger charge is 2.44. The molecule has 116 valence electrons. The third-order valence-electron chi connectivity index (χ3n) is 4.09. The van der Waals surface area contributed by atoms with Gasteiger partial charge in [-0.05, 0) is 27.7 Å². The molecule has 3 aromatic carbocycles. The Hall–Kier alpha value is -0.873. The lowest BCUT2D eigenvalue weighted by Crippen LogP contribution is -2.71. The van der Waals surface area contributed by atoms with E-state index < -0.39 is 8.07 Å². The Bertz CT molecular complexity index is 719. The van der Waals surface area contributed by atoms with Gasteiger partial charge >= 0.3 is 0 Å². The van der Waals surface area contributed by atoms with Gasteiger partial charge in [-0.15, -0.1) is 0 Å². The fourth-order valence-corrected chi connectivity index (χ4v) is 11.8. The number of hydrogen-bond donors (Lipinski definition) is 0. The van der Waals surface area contributed by atoms with Crippen molar-refractivity contribution in [3.8, 4) is 0 Å². The van der Waals surface area contributed by atoms with E-state index in [-0.39, 0.29) is 3.36 Å². The standard InChI is InChI=1S/C19H15Br2ClSi/c20-19(21)23(16-7-3-1-4-8-16,17-9-5-2-6-10-17)18-13-11-15(22)12-14-18/h1-14,19H. The first-order valence-electron chi connectivity index (χ1n) is 7.31. The van der Waals surface area contributed by atoms with Crippen LogP contribution < -0.4 is 15.6 Å². The summed E-state index contributed by atoms with van der Waals surface area (Å²) >= 11 is 13.9. The molecule has 0 bridgehead atoms. The largest absolute Gasteiger partial charge is 0.173 e. The normalized spacial score (nSPS) is 11.7. The highest BCUT2D eigenvalue weighted by molar-refractivity contribution is 9.25. The van der Waals surface area contributed by atoms with Crippen LogP contribution in [0.15, 0.2) is 84.9 Å². The summed E-state index contributed by atoms with van der Waals surface area (Å²) in [6.07, 6.45) is 0. The van der Waals surface area contributed by atoms with Crippen LogP contribution >= 0.6 is 43.5 Å². The molecule has 0 nitrogen and oxygen atoms in total. The molecular formula is C19H15Br2ClSi. The molecule has 0 aliphatic carbocycles. The van der Waals surface area contributed by atoms with Crippen LogP contribution in [0.2, 0.25) is 5.02 Å². The molecule has 0 spiro atoms. The molecule has 0 N–H and O–H groups in total. The third kappa shape index (κ3) is 3.20. The van der Waals surface area contributed by atoms with Crippen LogP contribution in [0.3, 0.4) is 0 Å². The summed E-state index contributed by atoms with van der Waals surface area (Å²) in [4.78, 5) is 0. The maximum absolute atomic E-state index is 6.13. The summed E-state index contributed by atoms with van der Waals surface area (Å²) in [6.45, 7) is 0. The zero-order chi connectivity index (χ0) is 16.3. The van der Waals surface area contributed by atoms with Gasteiger partial charge in [0.2, 0.25) is 0 Å². The topological polar surface area (TPSA) is 0 Å². The van der Waals surface area contributed by atoms with Crippen LogP contribution in [-0.2, 0) is 0 Å². The summed E-state index contributed by atoms with van der Waals surface area (Å²) in [5.41, 5.74) is 0. The van der Waals surface area contributed by atoms with Crippen LogP contribution in [0, 0.1) is 0 Å². The van der Waals surface area contributed by atoms with Gasteiger partial charge in [0.25, 0.3) is 0 Å². The Balaban J connectivity index is 2.34. The van der Waals surface area contributed by atoms with Crippen molar-refractivity contribution in [3.63, 3.8) is 0 Å². The average Bonchev–Trinajstić information content (AvgIpc) is 2.59. The predicted molar refractivity (Wildman–Crippen MR) is 111 cm³/mol. The molecule has 0 fully saturated rings. The minimum atomic E-state index is -2.25. The SMILES string of the molecule is Clc1ccc([Si](c2ccccc2)(c2ccccc2)C(Br)Br)cc1. The van der Waals surface area contributed by atoms with E-state index in [1.807, 2.05) is 12.1 Å². The Morgan fingerprint density at radius 2 is 1.00 bits per heavy atom. The van der Waals surface area contributed by atoms with Crippen LogP contribution in [0.5, 0.6) is 0 Å². The van der Waals surface area contributed by atoms with Crippen molar-refractivity contribution >= 4 is 67.1 Å². The first kappa shape index (κ1) is 17.0. The molecule has 0 amide bonds. The second-order valence-electron chi connectivity index (χ2n) is 5.35.